The van der Waals surface area contributed by atoms with Crippen LogP contribution in [0.2, 0.25) is 0 Å². The van der Waals surface area contributed by atoms with E-state index in [0.717, 1.165) is 12.8 Å². The van der Waals surface area contributed by atoms with Crippen LogP contribution in [0.3, 0.4) is 0 Å². The Morgan fingerprint density at radius 1 is 1.37 bits per heavy atom. The van der Waals surface area contributed by atoms with E-state index in [1.165, 1.54) is 18.2 Å². The molecule has 1 aromatic heterocycles. The Morgan fingerprint density at radius 3 is 2.63 bits per heavy atom. The molecule has 7 heteroatoms. The highest BCUT2D eigenvalue weighted by Crippen LogP contribution is 2.34. The molecule has 1 aliphatic carbocycles. The van der Waals surface area contributed by atoms with Gasteiger partial charge in [0.15, 0.2) is 0 Å². The molecule has 19 heavy (non-hydrogen) atoms. The highest BCUT2D eigenvalue weighted by molar-refractivity contribution is 8.13. The molecule has 0 aliphatic heterocycles. The third kappa shape index (κ3) is 2.15. The lowest BCUT2D eigenvalue weighted by molar-refractivity contribution is 0.609. The number of fused-ring (bicyclic) bond motifs is 1. The van der Waals surface area contributed by atoms with Gasteiger partial charge in [-0.3, -0.25) is 9.36 Å². The van der Waals surface area contributed by atoms with Crippen LogP contribution in [0, 0.1) is 6.92 Å². The van der Waals surface area contributed by atoms with Crippen molar-refractivity contribution in [2.75, 3.05) is 0 Å². The van der Waals surface area contributed by atoms with Gasteiger partial charge in [0.1, 0.15) is 5.82 Å². The van der Waals surface area contributed by atoms with E-state index in [9.17, 15) is 13.2 Å². The highest BCUT2D eigenvalue weighted by atomic mass is 35.7. The molecule has 0 spiro atoms. The predicted molar refractivity (Wildman–Crippen MR) is 72.0 cm³/mol. The van der Waals surface area contributed by atoms with Crippen LogP contribution in [-0.4, -0.2) is 18.0 Å². The minimum atomic E-state index is -3.84. The van der Waals surface area contributed by atoms with E-state index in [2.05, 4.69) is 4.98 Å². The molecule has 100 valence electrons. The minimum absolute atomic E-state index is 0.0771. The van der Waals surface area contributed by atoms with Crippen LogP contribution in [0.1, 0.15) is 24.7 Å². The quantitative estimate of drug-likeness (QED) is 0.795. The van der Waals surface area contributed by atoms with Crippen LogP contribution in [-0.2, 0) is 9.05 Å². The summed E-state index contributed by atoms with van der Waals surface area (Å²) in [4.78, 5) is 16.7. The largest absolute Gasteiger partial charge is 0.293 e. The van der Waals surface area contributed by atoms with Crippen molar-refractivity contribution in [3.8, 4) is 0 Å². The molecule has 1 heterocycles. The smallest absolute Gasteiger partial charge is 0.261 e. The van der Waals surface area contributed by atoms with Gasteiger partial charge in [0.05, 0.1) is 15.8 Å². The topological polar surface area (TPSA) is 69.0 Å². The van der Waals surface area contributed by atoms with E-state index in [0.29, 0.717) is 16.7 Å². The molecular weight excluding hydrogens is 288 g/mol. The zero-order valence-corrected chi connectivity index (χ0v) is 11.7. The number of aryl methyl sites for hydroxylation is 1. The molecule has 1 fully saturated rings. The lowest BCUT2D eigenvalue weighted by Gasteiger charge is -2.09. The normalized spacial score (nSPS) is 15.9. The molecule has 1 aromatic carbocycles. The van der Waals surface area contributed by atoms with Crippen LogP contribution in [0.15, 0.2) is 27.9 Å². The van der Waals surface area contributed by atoms with Crippen LogP contribution in [0.25, 0.3) is 10.9 Å². The molecule has 0 atom stereocenters. The van der Waals surface area contributed by atoms with Gasteiger partial charge in [-0.15, -0.1) is 0 Å². The summed E-state index contributed by atoms with van der Waals surface area (Å²) in [5, 5.41) is 0.291. The number of aromatic nitrogens is 2. The number of rotatable bonds is 2. The second-order valence-corrected chi connectivity index (χ2v) is 7.25. The molecule has 5 nitrogen and oxygen atoms in total. The van der Waals surface area contributed by atoms with E-state index in [4.69, 9.17) is 10.7 Å². The zero-order chi connectivity index (χ0) is 13.8. The molecule has 0 saturated heterocycles. The molecule has 0 radical (unpaired) electrons. The molecule has 1 aliphatic rings. The van der Waals surface area contributed by atoms with Gasteiger partial charge in [-0.1, -0.05) is 0 Å². The molecule has 3 rings (SSSR count). The Hall–Kier alpha value is -1.40. The predicted octanol–water partition coefficient (Wildman–Crippen LogP) is 1.97. The summed E-state index contributed by atoms with van der Waals surface area (Å²) in [6.45, 7) is 1.78. The van der Waals surface area contributed by atoms with Crippen molar-refractivity contribution in [3.63, 3.8) is 0 Å². The van der Waals surface area contributed by atoms with E-state index < -0.39 is 9.05 Å². The van der Waals surface area contributed by atoms with Crippen LogP contribution in [0.5, 0.6) is 0 Å². The molecule has 0 bridgehead atoms. The summed E-state index contributed by atoms with van der Waals surface area (Å²) in [7, 11) is 1.46. The SMILES string of the molecule is Cc1nc2ccc(S(=O)(=O)Cl)cc2c(=O)n1C1CC1. The standard InChI is InChI=1S/C12H11ClN2O3S/c1-7-14-11-5-4-9(19(13,17)18)6-10(11)12(16)15(7)8-2-3-8/h4-6,8H,2-3H2,1H3. The first-order valence-electron chi connectivity index (χ1n) is 5.85. The van der Waals surface area contributed by atoms with E-state index in [1.807, 2.05) is 0 Å². The number of halogens is 1. The van der Waals surface area contributed by atoms with Crippen LogP contribution >= 0.6 is 10.7 Å². The van der Waals surface area contributed by atoms with Gasteiger partial charge in [0.2, 0.25) is 0 Å². The first kappa shape index (κ1) is 12.6. The number of hydrogen-bond acceptors (Lipinski definition) is 4. The number of nitrogens with zero attached hydrogens (tertiary/aromatic N) is 2. The fourth-order valence-corrected chi connectivity index (χ4v) is 2.98. The molecule has 0 amide bonds. The van der Waals surface area contributed by atoms with Crippen molar-refractivity contribution in [2.45, 2.75) is 30.7 Å². The summed E-state index contributed by atoms with van der Waals surface area (Å²) in [6.07, 6.45) is 1.92. The van der Waals surface area contributed by atoms with Crippen molar-refractivity contribution in [2.24, 2.45) is 0 Å². The first-order valence-corrected chi connectivity index (χ1v) is 8.16. The van der Waals surface area contributed by atoms with Gasteiger partial charge < -0.3 is 0 Å². The summed E-state index contributed by atoms with van der Waals surface area (Å²) in [6, 6.07) is 4.36. The van der Waals surface area contributed by atoms with Gasteiger partial charge in [-0.05, 0) is 38.0 Å². The Labute approximate surface area is 114 Å². The maximum absolute atomic E-state index is 12.4. The maximum atomic E-state index is 12.4. The molecule has 2 aromatic rings. The Kier molecular flexibility index (Phi) is 2.69. The summed E-state index contributed by atoms with van der Waals surface area (Å²) in [5.41, 5.74) is 0.288. The monoisotopic (exact) mass is 298 g/mol. The number of benzene rings is 1. The van der Waals surface area contributed by atoms with Crippen LogP contribution in [0.4, 0.5) is 0 Å². The molecule has 0 N–H and O–H groups in total. The van der Waals surface area contributed by atoms with Crippen molar-refractivity contribution >= 4 is 30.6 Å². The summed E-state index contributed by atoms with van der Waals surface area (Å²) >= 11 is 0. The second kappa shape index (κ2) is 4.05. The van der Waals surface area contributed by atoms with Crippen molar-refractivity contribution < 1.29 is 8.42 Å². The maximum Gasteiger partial charge on any atom is 0.261 e. The van der Waals surface area contributed by atoms with Gasteiger partial charge in [0.25, 0.3) is 14.6 Å². The number of hydrogen-bond donors (Lipinski definition) is 0. The lowest BCUT2D eigenvalue weighted by Crippen LogP contribution is -2.23. The average molecular weight is 299 g/mol. The van der Waals surface area contributed by atoms with E-state index in [-0.39, 0.29) is 16.5 Å². The van der Waals surface area contributed by atoms with Crippen molar-refractivity contribution in [1.82, 2.24) is 9.55 Å². The fraction of sp³-hybridized carbons (Fsp3) is 0.333. The van der Waals surface area contributed by atoms with E-state index >= 15 is 0 Å². The summed E-state index contributed by atoms with van der Waals surface area (Å²) < 4.78 is 24.3. The average Bonchev–Trinajstić information content (AvgIpc) is 3.11. The van der Waals surface area contributed by atoms with Gasteiger partial charge in [-0.25, -0.2) is 13.4 Å². The highest BCUT2D eigenvalue weighted by Gasteiger charge is 2.27. The molecular formula is C12H11ClN2O3S. The molecule has 1 saturated carbocycles. The Balaban J connectivity index is 2.36. The van der Waals surface area contributed by atoms with Gasteiger partial charge >= 0.3 is 0 Å². The van der Waals surface area contributed by atoms with E-state index in [1.54, 1.807) is 11.5 Å². The Morgan fingerprint density at radius 2 is 2.05 bits per heavy atom. The second-order valence-electron chi connectivity index (χ2n) is 4.68. The van der Waals surface area contributed by atoms with Crippen molar-refractivity contribution in [3.05, 3.63) is 34.4 Å². The molecule has 0 unspecified atom stereocenters. The fourth-order valence-electron chi connectivity index (χ4n) is 2.20. The first-order chi connectivity index (χ1) is 8.88. The summed E-state index contributed by atoms with van der Waals surface area (Å²) in [5.74, 6) is 0.654. The van der Waals surface area contributed by atoms with Gasteiger partial charge in [-0.2, -0.15) is 0 Å². The zero-order valence-electron chi connectivity index (χ0n) is 10.1. The van der Waals surface area contributed by atoms with Crippen molar-refractivity contribution in [1.29, 1.82) is 0 Å². The third-order valence-electron chi connectivity index (χ3n) is 3.24. The third-order valence-corrected chi connectivity index (χ3v) is 4.59. The van der Waals surface area contributed by atoms with Crippen LogP contribution < -0.4 is 5.56 Å². The Bertz CT molecular complexity index is 838. The van der Waals surface area contributed by atoms with Gasteiger partial charge in [0, 0.05) is 16.7 Å². The minimum Gasteiger partial charge on any atom is -0.293 e. The lowest BCUT2D eigenvalue weighted by atomic mass is 10.2.